The molecule has 0 aromatic carbocycles. The van der Waals surface area contributed by atoms with Gasteiger partial charge in [0.25, 0.3) is 0 Å². The minimum atomic E-state index is -0.181. The van der Waals surface area contributed by atoms with E-state index in [4.69, 9.17) is 0 Å². The third kappa shape index (κ3) is 4.55. The van der Waals surface area contributed by atoms with Crippen LogP contribution in [0, 0.1) is 6.92 Å². The van der Waals surface area contributed by atoms with Crippen molar-refractivity contribution >= 4 is 0 Å². The zero-order valence-electron chi connectivity index (χ0n) is 10.2. The van der Waals surface area contributed by atoms with Crippen LogP contribution in [-0.2, 0) is 6.54 Å². The second-order valence-electron chi connectivity index (χ2n) is 4.16. The molecule has 0 fully saturated rings. The molecule has 0 amide bonds. The molecule has 16 heavy (non-hydrogen) atoms. The smallest absolute Gasteiger partial charge is 0.314 e. The Balaban J connectivity index is 2.32. The number of nitrogens with zero attached hydrogens (tertiary/aromatic N) is 3. The summed E-state index contributed by atoms with van der Waals surface area (Å²) in [5.41, 5.74) is 0.827. The van der Waals surface area contributed by atoms with Crippen molar-refractivity contribution in [2.75, 3.05) is 33.7 Å². The van der Waals surface area contributed by atoms with Gasteiger partial charge < -0.3 is 10.2 Å². The average molecular weight is 224 g/mol. The van der Waals surface area contributed by atoms with Crippen LogP contribution in [0.5, 0.6) is 0 Å². The van der Waals surface area contributed by atoms with Gasteiger partial charge in [0, 0.05) is 38.6 Å². The van der Waals surface area contributed by atoms with Crippen LogP contribution in [0.25, 0.3) is 0 Å². The van der Waals surface area contributed by atoms with Crippen LogP contribution in [-0.4, -0.2) is 48.2 Å². The first kappa shape index (κ1) is 12.9. The third-order valence-corrected chi connectivity index (χ3v) is 2.25. The van der Waals surface area contributed by atoms with E-state index in [1.165, 1.54) is 0 Å². The standard InChI is InChI=1S/C11H20N4O/c1-10-8-13-11(16)15(9-10)7-5-12-4-6-14(2)3/h8-9,12H,4-7H2,1-3H3. The molecule has 0 radical (unpaired) electrons. The maximum atomic E-state index is 11.4. The first-order valence-corrected chi connectivity index (χ1v) is 5.48. The lowest BCUT2D eigenvalue weighted by molar-refractivity contribution is 0.397. The normalized spacial score (nSPS) is 11.0. The van der Waals surface area contributed by atoms with Gasteiger partial charge in [-0.15, -0.1) is 0 Å². The van der Waals surface area contributed by atoms with Crippen molar-refractivity contribution in [1.29, 1.82) is 0 Å². The number of aromatic nitrogens is 2. The molecule has 0 aliphatic heterocycles. The molecule has 1 rings (SSSR count). The molecule has 0 spiro atoms. The van der Waals surface area contributed by atoms with Gasteiger partial charge in [0.1, 0.15) is 0 Å². The molecular formula is C11H20N4O. The highest BCUT2D eigenvalue weighted by Gasteiger charge is 1.97. The Kier molecular flexibility index (Phi) is 5.14. The fourth-order valence-electron chi connectivity index (χ4n) is 1.35. The molecule has 0 unspecified atom stereocenters. The molecule has 1 aromatic heterocycles. The Morgan fingerprint density at radius 2 is 2.19 bits per heavy atom. The van der Waals surface area contributed by atoms with E-state index in [2.05, 4.69) is 15.2 Å². The van der Waals surface area contributed by atoms with E-state index in [-0.39, 0.29) is 5.69 Å². The van der Waals surface area contributed by atoms with Crippen LogP contribution in [0.2, 0.25) is 0 Å². The van der Waals surface area contributed by atoms with Crippen molar-refractivity contribution in [1.82, 2.24) is 19.8 Å². The van der Waals surface area contributed by atoms with Crippen LogP contribution in [0.4, 0.5) is 0 Å². The first-order valence-electron chi connectivity index (χ1n) is 5.48. The predicted molar refractivity (Wildman–Crippen MR) is 64.7 cm³/mol. The summed E-state index contributed by atoms with van der Waals surface area (Å²) in [4.78, 5) is 17.3. The van der Waals surface area contributed by atoms with Crippen LogP contribution in [0.3, 0.4) is 0 Å². The average Bonchev–Trinajstić information content (AvgIpc) is 2.22. The van der Waals surface area contributed by atoms with Crippen LogP contribution in [0.1, 0.15) is 5.56 Å². The van der Waals surface area contributed by atoms with Crippen molar-refractivity contribution < 1.29 is 0 Å². The fourth-order valence-corrected chi connectivity index (χ4v) is 1.35. The van der Waals surface area contributed by atoms with Gasteiger partial charge in [0.2, 0.25) is 0 Å². The second kappa shape index (κ2) is 6.40. The summed E-state index contributed by atoms with van der Waals surface area (Å²) >= 11 is 0. The summed E-state index contributed by atoms with van der Waals surface area (Å²) in [5, 5.41) is 3.28. The van der Waals surface area contributed by atoms with Crippen molar-refractivity contribution in [3.05, 3.63) is 28.4 Å². The molecule has 0 saturated carbocycles. The molecule has 0 saturated heterocycles. The quantitative estimate of drug-likeness (QED) is 0.674. The highest BCUT2D eigenvalue weighted by atomic mass is 16.1. The van der Waals surface area contributed by atoms with Crippen molar-refractivity contribution in [3.63, 3.8) is 0 Å². The Morgan fingerprint density at radius 1 is 1.44 bits per heavy atom. The van der Waals surface area contributed by atoms with Gasteiger partial charge in [-0.25, -0.2) is 9.78 Å². The zero-order chi connectivity index (χ0) is 12.0. The molecule has 1 heterocycles. The summed E-state index contributed by atoms with van der Waals surface area (Å²) in [6, 6.07) is 0. The number of aryl methyl sites for hydroxylation is 1. The predicted octanol–water partition coefficient (Wildman–Crippen LogP) is -0.297. The largest absolute Gasteiger partial charge is 0.347 e. The van der Waals surface area contributed by atoms with Gasteiger partial charge in [0.15, 0.2) is 0 Å². The molecule has 5 nitrogen and oxygen atoms in total. The summed E-state index contributed by atoms with van der Waals surface area (Å²) in [6.45, 7) is 5.32. The zero-order valence-corrected chi connectivity index (χ0v) is 10.2. The number of hydrogen-bond donors (Lipinski definition) is 1. The van der Waals surface area contributed by atoms with E-state index in [0.717, 1.165) is 25.2 Å². The van der Waals surface area contributed by atoms with E-state index in [9.17, 15) is 4.79 Å². The van der Waals surface area contributed by atoms with Gasteiger partial charge in [-0.1, -0.05) is 0 Å². The molecular weight excluding hydrogens is 204 g/mol. The van der Waals surface area contributed by atoms with Crippen molar-refractivity contribution in [2.45, 2.75) is 13.5 Å². The maximum absolute atomic E-state index is 11.4. The van der Waals surface area contributed by atoms with Crippen LogP contribution >= 0.6 is 0 Å². The number of hydrogen-bond acceptors (Lipinski definition) is 4. The first-order chi connectivity index (χ1) is 7.59. The van der Waals surface area contributed by atoms with E-state index >= 15 is 0 Å². The minimum Gasteiger partial charge on any atom is -0.314 e. The number of likely N-dealkylation sites (N-methyl/N-ethyl adjacent to an activating group) is 1. The summed E-state index contributed by atoms with van der Waals surface area (Å²) in [6.07, 6.45) is 3.43. The van der Waals surface area contributed by atoms with Crippen molar-refractivity contribution in [2.24, 2.45) is 0 Å². The molecule has 0 atom stereocenters. The van der Waals surface area contributed by atoms with Crippen LogP contribution < -0.4 is 11.0 Å². The summed E-state index contributed by atoms with van der Waals surface area (Å²) in [7, 11) is 4.08. The summed E-state index contributed by atoms with van der Waals surface area (Å²) < 4.78 is 1.64. The maximum Gasteiger partial charge on any atom is 0.347 e. The lowest BCUT2D eigenvalue weighted by Gasteiger charge is -2.11. The van der Waals surface area contributed by atoms with Gasteiger partial charge >= 0.3 is 5.69 Å². The number of nitrogens with one attached hydrogen (secondary N) is 1. The molecule has 1 aromatic rings. The molecule has 0 aliphatic carbocycles. The molecule has 0 aliphatic rings. The third-order valence-electron chi connectivity index (χ3n) is 2.25. The van der Waals surface area contributed by atoms with E-state index in [1.54, 1.807) is 10.8 Å². The lowest BCUT2D eigenvalue weighted by Crippen LogP contribution is -2.32. The Hall–Kier alpha value is -1.20. The highest BCUT2D eigenvalue weighted by Crippen LogP contribution is 1.88. The van der Waals surface area contributed by atoms with Gasteiger partial charge in [-0.05, 0) is 26.6 Å². The van der Waals surface area contributed by atoms with Gasteiger partial charge in [-0.3, -0.25) is 4.57 Å². The molecule has 5 heteroatoms. The Bertz CT molecular complexity index is 372. The SMILES string of the molecule is Cc1cnc(=O)n(CCNCCN(C)C)c1. The molecule has 90 valence electrons. The van der Waals surface area contributed by atoms with Gasteiger partial charge in [-0.2, -0.15) is 0 Å². The molecule has 1 N–H and O–H groups in total. The Morgan fingerprint density at radius 3 is 2.88 bits per heavy atom. The number of rotatable bonds is 6. The monoisotopic (exact) mass is 224 g/mol. The van der Waals surface area contributed by atoms with E-state index in [0.29, 0.717) is 6.54 Å². The molecule has 0 bridgehead atoms. The second-order valence-corrected chi connectivity index (χ2v) is 4.16. The minimum absolute atomic E-state index is 0.181. The topological polar surface area (TPSA) is 50.2 Å². The van der Waals surface area contributed by atoms with E-state index < -0.39 is 0 Å². The van der Waals surface area contributed by atoms with E-state index in [1.807, 2.05) is 27.2 Å². The summed E-state index contributed by atoms with van der Waals surface area (Å²) in [5.74, 6) is 0. The Labute approximate surface area is 96.1 Å². The highest BCUT2D eigenvalue weighted by molar-refractivity contribution is 4.99. The van der Waals surface area contributed by atoms with Crippen LogP contribution in [0.15, 0.2) is 17.2 Å². The lowest BCUT2D eigenvalue weighted by atomic mass is 10.4. The van der Waals surface area contributed by atoms with Crippen molar-refractivity contribution in [3.8, 4) is 0 Å². The fraction of sp³-hybridized carbons (Fsp3) is 0.636. The van der Waals surface area contributed by atoms with Gasteiger partial charge in [0.05, 0.1) is 0 Å².